The fourth-order valence-corrected chi connectivity index (χ4v) is 5.94. The van der Waals surface area contributed by atoms with Crippen LogP contribution in [0.15, 0.2) is 80.1 Å². The minimum absolute atomic E-state index is 0.0420. The summed E-state index contributed by atoms with van der Waals surface area (Å²) in [5.41, 5.74) is 2.62. The summed E-state index contributed by atoms with van der Waals surface area (Å²) in [6.45, 7) is 5.76. The molecule has 4 aromatic rings. The van der Waals surface area contributed by atoms with Crippen LogP contribution in [0.5, 0.6) is 5.75 Å². The van der Waals surface area contributed by atoms with Gasteiger partial charge in [-0.05, 0) is 55.7 Å². The first-order valence-electron chi connectivity index (χ1n) is 13.5. The number of ether oxygens (including phenoxy) is 2. The number of aromatic nitrogens is 1. The number of thiazole rings is 1. The zero-order chi connectivity index (χ0) is 30.0. The number of carbonyl (C=O) groups excluding carboxylic acids is 1. The van der Waals surface area contributed by atoms with E-state index in [2.05, 4.69) is 0 Å². The number of non-ortho nitro benzene ring substituents is 1. The summed E-state index contributed by atoms with van der Waals surface area (Å²) in [4.78, 5) is 43.3. The highest BCUT2D eigenvalue weighted by atomic mass is 32.1. The van der Waals surface area contributed by atoms with Crippen LogP contribution in [0.1, 0.15) is 49.6 Å². The molecule has 0 bridgehead atoms. The number of nitro groups is 1. The third kappa shape index (κ3) is 5.42. The first kappa shape index (κ1) is 28.7. The molecule has 5 rings (SSSR count). The zero-order valence-corrected chi connectivity index (χ0v) is 24.4. The maximum absolute atomic E-state index is 14.0. The molecule has 2 aromatic heterocycles. The van der Waals surface area contributed by atoms with Crippen LogP contribution in [-0.4, -0.2) is 29.2 Å². The molecule has 0 fully saturated rings. The van der Waals surface area contributed by atoms with E-state index in [-0.39, 0.29) is 17.9 Å². The van der Waals surface area contributed by atoms with Gasteiger partial charge in [-0.25, -0.2) is 9.79 Å². The fourth-order valence-electron chi connectivity index (χ4n) is 4.94. The average Bonchev–Trinajstić information content (AvgIpc) is 3.56. The summed E-state index contributed by atoms with van der Waals surface area (Å²) in [5, 5.41) is 11.3. The molecule has 0 saturated carbocycles. The average molecular weight is 588 g/mol. The van der Waals surface area contributed by atoms with E-state index >= 15 is 0 Å². The van der Waals surface area contributed by atoms with Crippen molar-refractivity contribution in [1.82, 2.24) is 4.57 Å². The number of hydrogen-bond acceptors (Lipinski definition) is 9. The minimum Gasteiger partial charge on any atom is -0.497 e. The third-order valence-electron chi connectivity index (χ3n) is 6.90. The van der Waals surface area contributed by atoms with E-state index in [0.29, 0.717) is 55.4 Å². The largest absolute Gasteiger partial charge is 0.497 e. The smallest absolute Gasteiger partial charge is 0.338 e. The van der Waals surface area contributed by atoms with E-state index in [1.807, 2.05) is 26.0 Å². The number of carbonyl (C=O) groups is 1. The van der Waals surface area contributed by atoms with Gasteiger partial charge in [0.25, 0.3) is 11.2 Å². The van der Waals surface area contributed by atoms with Gasteiger partial charge in [0.1, 0.15) is 17.3 Å². The fraction of sp³-hybridized carbons (Fsp3) is 0.258. The van der Waals surface area contributed by atoms with Gasteiger partial charge in [0, 0.05) is 23.8 Å². The van der Waals surface area contributed by atoms with Crippen molar-refractivity contribution in [1.29, 1.82) is 0 Å². The zero-order valence-electron chi connectivity index (χ0n) is 23.6. The van der Waals surface area contributed by atoms with Crippen LogP contribution < -0.4 is 19.6 Å². The number of hydrogen-bond donors (Lipinski definition) is 0. The summed E-state index contributed by atoms with van der Waals surface area (Å²) in [7, 11) is 1.56. The molecule has 0 saturated heterocycles. The maximum Gasteiger partial charge on any atom is 0.338 e. The molecule has 0 radical (unpaired) electrons. The number of esters is 1. The number of benzene rings is 2. The van der Waals surface area contributed by atoms with Crippen LogP contribution >= 0.6 is 11.3 Å². The van der Waals surface area contributed by atoms with Gasteiger partial charge in [0.15, 0.2) is 4.80 Å². The lowest BCUT2D eigenvalue weighted by atomic mass is 9.94. The van der Waals surface area contributed by atoms with Crippen molar-refractivity contribution in [2.75, 3.05) is 13.7 Å². The monoisotopic (exact) mass is 587 g/mol. The van der Waals surface area contributed by atoms with Crippen LogP contribution in [0.4, 0.5) is 5.69 Å². The van der Waals surface area contributed by atoms with E-state index in [1.165, 1.54) is 28.0 Å². The van der Waals surface area contributed by atoms with Gasteiger partial charge >= 0.3 is 5.97 Å². The Morgan fingerprint density at radius 3 is 2.71 bits per heavy atom. The summed E-state index contributed by atoms with van der Waals surface area (Å²) < 4.78 is 18.8. The molecule has 1 unspecified atom stereocenters. The quantitative estimate of drug-likeness (QED) is 0.152. The van der Waals surface area contributed by atoms with Crippen LogP contribution in [0.25, 0.3) is 17.4 Å². The van der Waals surface area contributed by atoms with Crippen molar-refractivity contribution in [3.63, 3.8) is 0 Å². The number of furan rings is 1. The minimum atomic E-state index is -0.765. The van der Waals surface area contributed by atoms with Gasteiger partial charge in [0.2, 0.25) is 0 Å². The molecule has 1 aliphatic rings. The predicted octanol–water partition coefficient (Wildman–Crippen LogP) is 5.06. The number of rotatable bonds is 9. The third-order valence-corrected chi connectivity index (χ3v) is 7.88. The summed E-state index contributed by atoms with van der Waals surface area (Å²) in [6.07, 6.45) is 2.90. The van der Waals surface area contributed by atoms with Crippen LogP contribution in [0, 0.1) is 17.0 Å². The Bertz CT molecular complexity index is 1900. The van der Waals surface area contributed by atoms with Crippen molar-refractivity contribution in [3.8, 4) is 17.1 Å². The predicted molar refractivity (Wildman–Crippen MR) is 158 cm³/mol. The Kier molecular flexibility index (Phi) is 8.21. The van der Waals surface area contributed by atoms with Gasteiger partial charge in [-0.2, -0.15) is 0 Å². The standard InChI is InChI=1S/C31H29N3O7S/c1-5-8-24-27(30(36)40-6-2)28(19-9-7-10-21(15-19)39-4)33-29(35)26(42-31(33)32-24)17-22-13-14-25(41-22)23-16-20(34(37)38)12-11-18(23)3/h7,9-17,28H,5-6,8H2,1-4H3/b26-17-. The second kappa shape index (κ2) is 12.0. The molecular weight excluding hydrogens is 558 g/mol. The lowest BCUT2D eigenvalue weighted by Gasteiger charge is -2.26. The highest BCUT2D eigenvalue weighted by molar-refractivity contribution is 7.07. The highest BCUT2D eigenvalue weighted by Crippen LogP contribution is 2.34. The normalized spacial score (nSPS) is 14.9. The van der Waals surface area contributed by atoms with E-state index in [0.717, 1.165) is 12.0 Å². The van der Waals surface area contributed by atoms with Gasteiger partial charge < -0.3 is 13.9 Å². The Morgan fingerprint density at radius 2 is 2.00 bits per heavy atom. The van der Waals surface area contributed by atoms with Crippen LogP contribution in [0.2, 0.25) is 0 Å². The number of fused-ring (bicyclic) bond motifs is 1. The lowest BCUT2D eigenvalue weighted by molar-refractivity contribution is -0.384. The number of allylic oxidation sites excluding steroid dienone is 1. The SMILES string of the molecule is CCCC1=C(C(=O)OCC)C(c2cccc(OC)c2)n2c(s/c(=C\c3ccc(-c4cc([N+](=O)[O-])ccc4C)o3)c2=O)=N1. The molecule has 3 heterocycles. The Labute approximate surface area is 245 Å². The lowest BCUT2D eigenvalue weighted by Crippen LogP contribution is -2.40. The van der Waals surface area contributed by atoms with Gasteiger partial charge in [-0.1, -0.05) is 42.9 Å². The second-order valence-electron chi connectivity index (χ2n) is 9.65. The van der Waals surface area contributed by atoms with Gasteiger partial charge in [-0.15, -0.1) is 0 Å². The number of nitrogens with zero attached hydrogens (tertiary/aromatic N) is 3. The summed E-state index contributed by atoms with van der Waals surface area (Å²) in [5.74, 6) is 0.915. The topological polar surface area (TPSA) is 126 Å². The van der Waals surface area contributed by atoms with Crippen molar-refractivity contribution < 1.29 is 23.6 Å². The van der Waals surface area contributed by atoms with Gasteiger partial charge in [-0.3, -0.25) is 19.5 Å². The van der Waals surface area contributed by atoms with E-state index in [4.69, 9.17) is 18.9 Å². The van der Waals surface area contributed by atoms with Crippen LogP contribution in [-0.2, 0) is 9.53 Å². The molecule has 42 heavy (non-hydrogen) atoms. The molecule has 0 aliphatic carbocycles. The van der Waals surface area contributed by atoms with E-state index in [1.54, 1.807) is 50.4 Å². The molecule has 10 nitrogen and oxygen atoms in total. The molecule has 1 atom stereocenters. The van der Waals surface area contributed by atoms with E-state index in [9.17, 15) is 19.7 Å². The number of methoxy groups -OCH3 is 1. The molecule has 1 aliphatic heterocycles. The van der Waals surface area contributed by atoms with Crippen molar-refractivity contribution in [2.45, 2.75) is 39.7 Å². The Balaban J connectivity index is 1.67. The first-order chi connectivity index (χ1) is 20.2. The molecule has 0 spiro atoms. The van der Waals surface area contributed by atoms with Crippen molar-refractivity contribution in [3.05, 3.63) is 113 Å². The number of aryl methyl sites for hydroxylation is 1. The second-order valence-corrected chi connectivity index (χ2v) is 10.7. The van der Waals surface area contributed by atoms with Crippen molar-refractivity contribution >= 4 is 29.1 Å². The van der Waals surface area contributed by atoms with Crippen molar-refractivity contribution in [2.24, 2.45) is 4.99 Å². The van der Waals surface area contributed by atoms with Crippen LogP contribution in [0.3, 0.4) is 0 Å². The molecule has 11 heteroatoms. The summed E-state index contributed by atoms with van der Waals surface area (Å²) in [6, 6.07) is 14.5. The maximum atomic E-state index is 14.0. The first-order valence-corrected chi connectivity index (χ1v) is 14.3. The molecule has 0 amide bonds. The Morgan fingerprint density at radius 1 is 1.19 bits per heavy atom. The highest BCUT2D eigenvalue weighted by Gasteiger charge is 2.34. The number of nitro benzene ring substituents is 1. The van der Waals surface area contributed by atoms with Gasteiger partial charge in [0.05, 0.1) is 40.5 Å². The molecule has 2 aromatic carbocycles. The Hall–Kier alpha value is -4.77. The molecule has 216 valence electrons. The molecule has 0 N–H and O–H groups in total. The molecular formula is C31H29N3O7S. The van der Waals surface area contributed by atoms with E-state index < -0.39 is 16.9 Å². The summed E-state index contributed by atoms with van der Waals surface area (Å²) >= 11 is 1.20.